The van der Waals surface area contributed by atoms with Gasteiger partial charge in [0, 0.05) is 6.54 Å². The van der Waals surface area contributed by atoms with E-state index in [1.165, 1.54) is 16.7 Å². The standard InChI is InChI=1S/C13H14N2OS2/c1-9-6-18-8-11(9)5-15-12(16)4-14-13(15)10-2-3-17-7-10/h2-3,6-8,13-14H,4-5H2,1H3. The first-order chi connectivity index (χ1) is 8.75. The van der Waals surface area contributed by atoms with Crippen molar-refractivity contribution in [2.75, 3.05) is 6.54 Å². The normalized spacial score (nSPS) is 19.7. The largest absolute Gasteiger partial charge is 0.317 e. The van der Waals surface area contributed by atoms with E-state index in [-0.39, 0.29) is 12.1 Å². The number of carbonyl (C=O) groups excluding carboxylic acids is 1. The topological polar surface area (TPSA) is 32.3 Å². The van der Waals surface area contributed by atoms with Crippen LogP contribution in [0.2, 0.25) is 0 Å². The molecule has 5 heteroatoms. The van der Waals surface area contributed by atoms with Crippen LogP contribution in [-0.4, -0.2) is 17.4 Å². The summed E-state index contributed by atoms with van der Waals surface area (Å²) >= 11 is 3.36. The molecule has 0 bridgehead atoms. The van der Waals surface area contributed by atoms with E-state index in [4.69, 9.17) is 0 Å². The van der Waals surface area contributed by atoms with E-state index in [0.717, 1.165) is 0 Å². The molecule has 2 aromatic heterocycles. The smallest absolute Gasteiger partial charge is 0.238 e. The summed E-state index contributed by atoms with van der Waals surface area (Å²) in [6.45, 7) is 3.23. The molecule has 1 saturated heterocycles. The Bertz CT molecular complexity index is 547. The molecule has 0 radical (unpaired) electrons. The average molecular weight is 278 g/mol. The molecule has 2 aromatic rings. The molecular weight excluding hydrogens is 264 g/mol. The van der Waals surface area contributed by atoms with E-state index < -0.39 is 0 Å². The van der Waals surface area contributed by atoms with Crippen LogP contribution in [0.1, 0.15) is 22.9 Å². The number of rotatable bonds is 3. The molecule has 3 heterocycles. The van der Waals surface area contributed by atoms with Crippen molar-refractivity contribution in [3.63, 3.8) is 0 Å². The summed E-state index contributed by atoms with van der Waals surface area (Å²) in [4.78, 5) is 13.9. The maximum atomic E-state index is 12.0. The van der Waals surface area contributed by atoms with Gasteiger partial charge in [-0.2, -0.15) is 22.7 Å². The van der Waals surface area contributed by atoms with Gasteiger partial charge in [-0.05, 0) is 51.2 Å². The number of amides is 1. The van der Waals surface area contributed by atoms with Gasteiger partial charge in [0.1, 0.15) is 6.17 Å². The van der Waals surface area contributed by atoms with Gasteiger partial charge in [-0.25, -0.2) is 0 Å². The predicted molar refractivity (Wildman–Crippen MR) is 74.7 cm³/mol. The van der Waals surface area contributed by atoms with Gasteiger partial charge in [0.2, 0.25) is 5.91 Å². The van der Waals surface area contributed by atoms with Gasteiger partial charge in [-0.15, -0.1) is 0 Å². The molecule has 1 aliphatic heterocycles. The van der Waals surface area contributed by atoms with Crippen LogP contribution in [-0.2, 0) is 11.3 Å². The van der Waals surface area contributed by atoms with Gasteiger partial charge in [-0.3, -0.25) is 10.1 Å². The lowest BCUT2D eigenvalue weighted by Gasteiger charge is -2.23. The summed E-state index contributed by atoms with van der Waals surface area (Å²) in [6, 6.07) is 2.08. The number of nitrogens with zero attached hydrogens (tertiary/aromatic N) is 1. The highest BCUT2D eigenvalue weighted by molar-refractivity contribution is 7.08. The number of aryl methyl sites for hydroxylation is 1. The Balaban J connectivity index is 1.84. The lowest BCUT2D eigenvalue weighted by molar-refractivity contribution is -0.128. The predicted octanol–water partition coefficient (Wildman–Crippen LogP) is 2.75. The Morgan fingerprint density at radius 1 is 1.39 bits per heavy atom. The Morgan fingerprint density at radius 3 is 2.94 bits per heavy atom. The maximum Gasteiger partial charge on any atom is 0.238 e. The maximum absolute atomic E-state index is 12.0. The summed E-state index contributed by atoms with van der Waals surface area (Å²) in [6.07, 6.45) is 0.0306. The average Bonchev–Trinajstić information content (AvgIpc) is 3.04. The Morgan fingerprint density at radius 2 is 2.28 bits per heavy atom. The third-order valence-corrected chi connectivity index (χ3v) is 4.85. The molecule has 1 amide bonds. The second-order valence-electron chi connectivity index (χ2n) is 4.44. The molecule has 3 rings (SSSR count). The van der Waals surface area contributed by atoms with Gasteiger partial charge in [-0.1, -0.05) is 0 Å². The fourth-order valence-corrected chi connectivity index (χ4v) is 3.71. The number of thiophene rings is 2. The van der Waals surface area contributed by atoms with Crippen LogP contribution in [0.4, 0.5) is 0 Å². The lowest BCUT2D eigenvalue weighted by Crippen LogP contribution is -2.29. The number of hydrogen-bond donors (Lipinski definition) is 1. The molecule has 1 fully saturated rings. The van der Waals surface area contributed by atoms with Crippen molar-refractivity contribution in [3.05, 3.63) is 44.3 Å². The zero-order chi connectivity index (χ0) is 12.5. The summed E-state index contributed by atoms with van der Waals surface area (Å²) in [7, 11) is 0. The Hall–Kier alpha value is -1.17. The first-order valence-electron chi connectivity index (χ1n) is 5.82. The highest BCUT2D eigenvalue weighted by atomic mass is 32.1. The molecular formula is C13H14N2OS2. The number of nitrogens with one attached hydrogen (secondary N) is 1. The van der Waals surface area contributed by atoms with Crippen LogP contribution in [0, 0.1) is 6.92 Å². The van der Waals surface area contributed by atoms with Gasteiger partial charge >= 0.3 is 0 Å². The van der Waals surface area contributed by atoms with Crippen LogP contribution < -0.4 is 5.32 Å². The Kier molecular flexibility index (Phi) is 3.20. The quantitative estimate of drug-likeness (QED) is 0.936. The highest BCUT2D eigenvalue weighted by Gasteiger charge is 2.31. The summed E-state index contributed by atoms with van der Waals surface area (Å²) in [5.41, 5.74) is 3.69. The van der Waals surface area contributed by atoms with Crippen LogP contribution >= 0.6 is 22.7 Å². The molecule has 0 saturated carbocycles. The number of carbonyl (C=O) groups is 1. The molecule has 1 aliphatic rings. The minimum absolute atomic E-state index is 0.0306. The minimum Gasteiger partial charge on any atom is -0.317 e. The van der Waals surface area contributed by atoms with Crippen molar-refractivity contribution < 1.29 is 4.79 Å². The van der Waals surface area contributed by atoms with Crippen molar-refractivity contribution in [2.45, 2.75) is 19.6 Å². The first-order valence-corrected chi connectivity index (χ1v) is 7.71. The van der Waals surface area contributed by atoms with Crippen molar-refractivity contribution >= 4 is 28.6 Å². The molecule has 0 spiro atoms. The second-order valence-corrected chi connectivity index (χ2v) is 5.97. The monoisotopic (exact) mass is 278 g/mol. The molecule has 18 heavy (non-hydrogen) atoms. The van der Waals surface area contributed by atoms with Crippen molar-refractivity contribution in [1.29, 1.82) is 0 Å². The van der Waals surface area contributed by atoms with Gasteiger partial charge in [0.15, 0.2) is 0 Å². The van der Waals surface area contributed by atoms with E-state index in [0.29, 0.717) is 13.1 Å². The lowest BCUT2D eigenvalue weighted by atomic mass is 10.2. The second kappa shape index (κ2) is 4.84. The van der Waals surface area contributed by atoms with Crippen LogP contribution in [0.25, 0.3) is 0 Å². The fourth-order valence-electron chi connectivity index (χ4n) is 2.18. The third-order valence-electron chi connectivity index (χ3n) is 3.24. The van der Waals surface area contributed by atoms with Crippen molar-refractivity contribution in [2.24, 2.45) is 0 Å². The van der Waals surface area contributed by atoms with Gasteiger partial charge in [0.25, 0.3) is 0 Å². The van der Waals surface area contributed by atoms with Crippen LogP contribution in [0.5, 0.6) is 0 Å². The molecule has 1 atom stereocenters. The van der Waals surface area contributed by atoms with E-state index >= 15 is 0 Å². The van der Waals surface area contributed by atoms with Crippen LogP contribution in [0.3, 0.4) is 0 Å². The van der Waals surface area contributed by atoms with E-state index in [1.807, 2.05) is 10.3 Å². The Labute approximate surface area is 114 Å². The molecule has 1 unspecified atom stereocenters. The first kappa shape index (κ1) is 11.9. The van der Waals surface area contributed by atoms with Gasteiger partial charge in [0.05, 0.1) is 6.54 Å². The van der Waals surface area contributed by atoms with Gasteiger partial charge < -0.3 is 4.90 Å². The molecule has 3 nitrogen and oxygen atoms in total. The van der Waals surface area contributed by atoms with Crippen molar-refractivity contribution in [1.82, 2.24) is 10.2 Å². The van der Waals surface area contributed by atoms with E-state index in [9.17, 15) is 4.79 Å². The fraction of sp³-hybridized carbons (Fsp3) is 0.308. The van der Waals surface area contributed by atoms with E-state index in [1.54, 1.807) is 22.7 Å². The van der Waals surface area contributed by atoms with Crippen LogP contribution in [0.15, 0.2) is 27.6 Å². The molecule has 94 valence electrons. The highest BCUT2D eigenvalue weighted by Crippen LogP contribution is 2.27. The number of hydrogen-bond acceptors (Lipinski definition) is 4. The molecule has 0 aliphatic carbocycles. The molecule has 1 N–H and O–H groups in total. The third kappa shape index (κ3) is 2.09. The summed E-state index contributed by atoms with van der Waals surface area (Å²) in [5.74, 6) is 0.178. The SMILES string of the molecule is Cc1cscc1CN1C(=O)CNC1c1ccsc1. The van der Waals surface area contributed by atoms with E-state index in [2.05, 4.69) is 34.4 Å². The minimum atomic E-state index is 0.0306. The summed E-state index contributed by atoms with van der Waals surface area (Å²) in [5, 5.41) is 11.7. The summed E-state index contributed by atoms with van der Waals surface area (Å²) < 4.78 is 0. The zero-order valence-corrected chi connectivity index (χ0v) is 11.7. The van der Waals surface area contributed by atoms with Crippen molar-refractivity contribution in [3.8, 4) is 0 Å². The zero-order valence-electron chi connectivity index (χ0n) is 10.1. The molecule has 0 aromatic carbocycles.